The predicted octanol–water partition coefficient (Wildman–Crippen LogP) is 2.30. The molecule has 0 spiro atoms. The van der Waals surface area contributed by atoms with Gasteiger partial charge in [0.1, 0.15) is 0 Å². The molecule has 0 radical (unpaired) electrons. The summed E-state index contributed by atoms with van der Waals surface area (Å²) in [5, 5.41) is 3.08. The first kappa shape index (κ1) is 16.7. The highest BCUT2D eigenvalue weighted by Gasteiger charge is 2.33. The van der Waals surface area contributed by atoms with E-state index in [0.717, 1.165) is 19.5 Å². The van der Waals surface area contributed by atoms with Gasteiger partial charge >= 0.3 is 0 Å². The van der Waals surface area contributed by atoms with Crippen molar-refractivity contribution in [3.8, 4) is 0 Å². The largest absolute Gasteiger partial charge is 0.339 e. The van der Waals surface area contributed by atoms with Crippen molar-refractivity contribution in [2.24, 2.45) is 11.8 Å². The molecule has 1 saturated carbocycles. The van der Waals surface area contributed by atoms with Gasteiger partial charge in [-0.05, 0) is 32.2 Å². The average Bonchev–Trinajstić information content (AvgIpc) is 3.01. The number of carbonyl (C=O) groups excluding carboxylic acids is 1. The lowest BCUT2D eigenvalue weighted by Gasteiger charge is -2.26. The maximum absolute atomic E-state index is 12.2. The zero-order chi connectivity index (χ0) is 12.1. The molecule has 0 aliphatic heterocycles. The van der Waals surface area contributed by atoms with Crippen LogP contribution in [0.25, 0.3) is 0 Å². The molecule has 1 aliphatic carbocycles. The van der Waals surface area contributed by atoms with Gasteiger partial charge in [-0.3, -0.25) is 4.79 Å². The van der Waals surface area contributed by atoms with Crippen LogP contribution >= 0.6 is 12.4 Å². The van der Waals surface area contributed by atoms with Crippen molar-refractivity contribution < 1.29 is 4.79 Å². The fourth-order valence-electron chi connectivity index (χ4n) is 1.93. The van der Waals surface area contributed by atoms with Crippen LogP contribution in [0.3, 0.4) is 0 Å². The molecule has 3 nitrogen and oxygen atoms in total. The second-order valence-electron chi connectivity index (χ2n) is 5.40. The quantitative estimate of drug-likeness (QED) is 0.764. The Hall–Kier alpha value is -0.280. The first-order valence-corrected chi connectivity index (χ1v) is 6.51. The molecule has 1 unspecified atom stereocenters. The van der Waals surface area contributed by atoms with Crippen LogP contribution in [0.4, 0.5) is 0 Å². The molecule has 0 aromatic rings. The maximum atomic E-state index is 12.2. The topological polar surface area (TPSA) is 32.3 Å². The van der Waals surface area contributed by atoms with E-state index < -0.39 is 0 Å². The Morgan fingerprint density at radius 1 is 1.35 bits per heavy atom. The second kappa shape index (κ2) is 7.93. The molecule has 17 heavy (non-hydrogen) atoms. The molecule has 0 aromatic heterocycles. The lowest BCUT2D eigenvalue weighted by atomic mass is 10.1. The van der Waals surface area contributed by atoms with Crippen LogP contribution < -0.4 is 5.32 Å². The molecule has 1 fully saturated rings. The number of rotatable bonds is 7. The summed E-state index contributed by atoms with van der Waals surface area (Å²) in [6.45, 7) is 8.17. The van der Waals surface area contributed by atoms with Gasteiger partial charge < -0.3 is 10.2 Å². The summed E-state index contributed by atoms with van der Waals surface area (Å²) in [5.41, 5.74) is 0. The number of hydrogen-bond donors (Lipinski definition) is 1. The van der Waals surface area contributed by atoms with Gasteiger partial charge in [-0.25, -0.2) is 0 Å². The number of amides is 1. The third-order valence-corrected chi connectivity index (χ3v) is 3.15. The van der Waals surface area contributed by atoms with Crippen molar-refractivity contribution in [3.63, 3.8) is 0 Å². The summed E-state index contributed by atoms with van der Waals surface area (Å²) >= 11 is 0. The van der Waals surface area contributed by atoms with Crippen molar-refractivity contribution in [2.75, 3.05) is 20.1 Å². The lowest BCUT2D eigenvalue weighted by Crippen LogP contribution is -2.40. The van der Waals surface area contributed by atoms with Gasteiger partial charge in [0.25, 0.3) is 0 Å². The third-order valence-electron chi connectivity index (χ3n) is 3.15. The molecule has 1 rings (SSSR count). The van der Waals surface area contributed by atoms with Gasteiger partial charge in [-0.2, -0.15) is 0 Å². The van der Waals surface area contributed by atoms with E-state index >= 15 is 0 Å². The fraction of sp³-hybridized carbons (Fsp3) is 0.923. The number of halogens is 1. The molecule has 102 valence electrons. The van der Waals surface area contributed by atoms with Gasteiger partial charge in [0.2, 0.25) is 5.91 Å². The van der Waals surface area contributed by atoms with E-state index in [1.165, 1.54) is 12.8 Å². The van der Waals surface area contributed by atoms with Crippen LogP contribution in [0, 0.1) is 11.8 Å². The minimum absolute atomic E-state index is 0. The smallest absolute Gasteiger partial charge is 0.226 e. The van der Waals surface area contributed by atoms with E-state index in [-0.39, 0.29) is 18.3 Å². The molecule has 1 atom stereocenters. The maximum Gasteiger partial charge on any atom is 0.226 e. The minimum atomic E-state index is 0. The Balaban J connectivity index is 0.00000256. The Morgan fingerprint density at radius 3 is 2.35 bits per heavy atom. The fourth-order valence-corrected chi connectivity index (χ4v) is 1.93. The first-order valence-electron chi connectivity index (χ1n) is 6.51. The zero-order valence-corrected chi connectivity index (χ0v) is 12.3. The van der Waals surface area contributed by atoms with E-state index in [2.05, 4.69) is 24.1 Å². The first-order chi connectivity index (χ1) is 7.56. The van der Waals surface area contributed by atoms with E-state index in [9.17, 15) is 4.79 Å². The predicted molar refractivity (Wildman–Crippen MR) is 74.5 cm³/mol. The lowest BCUT2D eigenvalue weighted by molar-refractivity contribution is -0.135. The zero-order valence-electron chi connectivity index (χ0n) is 11.5. The molecule has 1 N–H and O–H groups in total. The normalized spacial score (nSPS) is 16.5. The van der Waals surface area contributed by atoms with E-state index in [0.29, 0.717) is 17.9 Å². The second-order valence-corrected chi connectivity index (χ2v) is 5.40. The highest BCUT2D eigenvalue weighted by molar-refractivity contribution is 5.85. The molecule has 1 amide bonds. The average molecular weight is 263 g/mol. The highest BCUT2D eigenvalue weighted by Crippen LogP contribution is 2.28. The third kappa shape index (κ3) is 5.73. The summed E-state index contributed by atoms with van der Waals surface area (Å²) in [4.78, 5) is 14.3. The van der Waals surface area contributed by atoms with Crippen LogP contribution in [0.1, 0.15) is 40.0 Å². The Kier molecular flexibility index (Phi) is 7.80. The van der Waals surface area contributed by atoms with E-state index in [4.69, 9.17) is 0 Å². The van der Waals surface area contributed by atoms with Gasteiger partial charge in [0.05, 0.1) is 0 Å². The van der Waals surface area contributed by atoms with Crippen LogP contribution in [-0.4, -0.2) is 37.0 Å². The molecular formula is C13H27ClN2O. The Bertz CT molecular complexity index is 229. The van der Waals surface area contributed by atoms with Crippen molar-refractivity contribution >= 4 is 18.3 Å². The van der Waals surface area contributed by atoms with Crippen LogP contribution in [0.2, 0.25) is 0 Å². The van der Waals surface area contributed by atoms with Crippen LogP contribution in [-0.2, 0) is 4.79 Å². The van der Waals surface area contributed by atoms with Gasteiger partial charge in [-0.15, -0.1) is 12.4 Å². The molecular weight excluding hydrogens is 236 g/mol. The van der Waals surface area contributed by atoms with Crippen molar-refractivity contribution in [1.29, 1.82) is 0 Å². The molecule has 4 heteroatoms. The van der Waals surface area contributed by atoms with Crippen molar-refractivity contribution in [3.05, 3.63) is 0 Å². The van der Waals surface area contributed by atoms with E-state index in [1.54, 1.807) is 0 Å². The summed E-state index contributed by atoms with van der Waals surface area (Å²) in [7, 11) is 1.90. The Morgan fingerprint density at radius 2 is 1.94 bits per heavy atom. The highest BCUT2D eigenvalue weighted by atomic mass is 35.5. The van der Waals surface area contributed by atoms with E-state index in [1.807, 2.05) is 14.0 Å². The monoisotopic (exact) mass is 262 g/mol. The number of nitrogens with one attached hydrogen (secondary N) is 1. The molecule has 0 bridgehead atoms. The van der Waals surface area contributed by atoms with Crippen molar-refractivity contribution in [1.82, 2.24) is 10.2 Å². The summed E-state index contributed by atoms with van der Waals surface area (Å²) in [5.74, 6) is 1.11. The van der Waals surface area contributed by atoms with Gasteiger partial charge in [-0.1, -0.05) is 20.8 Å². The minimum Gasteiger partial charge on any atom is -0.339 e. The standard InChI is InChI=1S/C13H26N2O.ClH/c1-10(2)7-8-15(12-5-6-12)13(16)11(3)9-14-4;/h10-12,14H,5-9H2,1-4H3;1H. The number of nitrogens with zero attached hydrogens (tertiary/aromatic N) is 1. The van der Waals surface area contributed by atoms with Crippen LogP contribution in [0.5, 0.6) is 0 Å². The van der Waals surface area contributed by atoms with Crippen LogP contribution in [0.15, 0.2) is 0 Å². The molecule has 0 saturated heterocycles. The summed E-state index contributed by atoms with van der Waals surface area (Å²) < 4.78 is 0. The summed E-state index contributed by atoms with van der Waals surface area (Å²) in [6, 6.07) is 0.547. The number of carbonyl (C=O) groups is 1. The van der Waals surface area contributed by atoms with Gasteiger partial charge in [0, 0.05) is 25.0 Å². The number of hydrogen-bond acceptors (Lipinski definition) is 2. The Labute approximate surface area is 112 Å². The van der Waals surface area contributed by atoms with Gasteiger partial charge in [0.15, 0.2) is 0 Å². The molecule has 0 aromatic carbocycles. The summed E-state index contributed by atoms with van der Waals surface area (Å²) in [6.07, 6.45) is 3.53. The molecule has 0 heterocycles. The molecule has 1 aliphatic rings. The SMILES string of the molecule is CNCC(C)C(=O)N(CCC(C)C)C1CC1.Cl. The van der Waals surface area contributed by atoms with Crippen molar-refractivity contribution in [2.45, 2.75) is 46.1 Å².